The molecule has 0 radical (unpaired) electrons. The Labute approximate surface area is 182 Å². The Balaban J connectivity index is 1.51. The van der Waals surface area contributed by atoms with Crippen molar-refractivity contribution in [1.82, 2.24) is 10.9 Å². The number of carbonyl (C=O) groups excluding carboxylic acids is 2. The summed E-state index contributed by atoms with van der Waals surface area (Å²) in [4.78, 5) is 24.7. The number of hydrazine groups is 1. The zero-order valence-electron chi connectivity index (χ0n) is 17.6. The Morgan fingerprint density at radius 1 is 0.806 bits per heavy atom. The number of carbonyl (C=O) groups is 2. The molecule has 3 aromatic rings. The van der Waals surface area contributed by atoms with Crippen LogP contribution >= 0.6 is 0 Å². The summed E-state index contributed by atoms with van der Waals surface area (Å²) in [5, 5.41) is 0. The molecule has 0 spiro atoms. The lowest BCUT2D eigenvalue weighted by molar-refractivity contribution is 0.0846. The van der Waals surface area contributed by atoms with Gasteiger partial charge in [0, 0.05) is 11.1 Å². The van der Waals surface area contributed by atoms with Crippen molar-refractivity contribution in [3.63, 3.8) is 0 Å². The number of nitrogens with one attached hydrogen (secondary N) is 2. The molecule has 31 heavy (non-hydrogen) atoms. The Bertz CT molecular complexity index is 1000. The summed E-state index contributed by atoms with van der Waals surface area (Å²) in [6, 6.07) is 23.4. The molecule has 0 aliphatic carbocycles. The summed E-state index contributed by atoms with van der Waals surface area (Å²) in [6.07, 6.45) is 0.917. The molecule has 1 unspecified atom stereocenters. The van der Waals surface area contributed by atoms with Crippen molar-refractivity contribution in [2.45, 2.75) is 33.0 Å². The Hall–Kier alpha value is -3.80. The molecule has 6 nitrogen and oxygen atoms in total. The highest BCUT2D eigenvalue weighted by molar-refractivity contribution is 5.99. The molecule has 160 valence electrons. The fourth-order valence-corrected chi connectivity index (χ4v) is 2.73. The average Bonchev–Trinajstić information content (AvgIpc) is 2.82. The third-order valence-electron chi connectivity index (χ3n) is 4.66. The number of hydrogen-bond donors (Lipinski definition) is 2. The lowest BCUT2D eigenvalue weighted by Crippen LogP contribution is -2.41. The standard InChI is InChI=1S/C25H26N2O4/c1-3-18(2)31-23-11-7-10-21(16-23)25(29)27-26-24(28)20-12-14-22(15-13-20)30-17-19-8-5-4-6-9-19/h4-16,18H,3,17H2,1-2H3,(H,26,28)(H,27,29). The van der Waals surface area contributed by atoms with E-state index in [1.165, 1.54) is 0 Å². The molecule has 0 aromatic heterocycles. The highest BCUT2D eigenvalue weighted by atomic mass is 16.5. The topological polar surface area (TPSA) is 76.7 Å². The first-order valence-electron chi connectivity index (χ1n) is 10.2. The SMILES string of the molecule is CCC(C)Oc1cccc(C(=O)NNC(=O)c2ccc(OCc3ccccc3)cc2)c1. The van der Waals surface area contributed by atoms with E-state index in [-0.39, 0.29) is 6.10 Å². The molecule has 0 saturated heterocycles. The zero-order chi connectivity index (χ0) is 22.1. The van der Waals surface area contributed by atoms with Crippen LogP contribution in [0.15, 0.2) is 78.9 Å². The van der Waals surface area contributed by atoms with Gasteiger partial charge in [-0.15, -0.1) is 0 Å². The quantitative estimate of drug-likeness (QED) is 0.528. The van der Waals surface area contributed by atoms with E-state index in [1.54, 1.807) is 48.5 Å². The van der Waals surface area contributed by atoms with Gasteiger partial charge in [-0.05, 0) is 61.4 Å². The number of ether oxygens (including phenoxy) is 2. The van der Waals surface area contributed by atoms with Crippen molar-refractivity contribution in [2.75, 3.05) is 0 Å². The number of benzene rings is 3. The van der Waals surface area contributed by atoms with Crippen LogP contribution in [0.5, 0.6) is 11.5 Å². The second-order valence-electron chi connectivity index (χ2n) is 7.07. The second-order valence-corrected chi connectivity index (χ2v) is 7.07. The van der Waals surface area contributed by atoms with Crippen molar-refractivity contribution in [2.24, 2.45) is 0 Å². The van der Waals surface area contributed by atoms with Crippen molar-refractivity contribution < 1.29 is 19.1 Å². The molecule has 0 aliphatic rings. The summed E-state index contributed by atoms with van der Waals surface area (Å²) >= 11 is 0. The van der Waals surface area contributed by atoms with Crippen molar-refractivity contribution in [3.8, 4) is 11.5 Å². The van der Waals surface area contributed by atoms with Crippen molar-refractivity contribution >= 4 is 11.8 Å². The van der Waals surface area contributed by atoms with Gasteiger partial charge in [-0.3, -0.25) is 20.4 Å². The fourth-order valence-electron chi connectivity index (χ4n) is 2.73. The van der Waals surface area contributed by atoms with E-state index in [0.717, 1.165) is 12.0 Å². The van der Waals surface area contributed by atoms with Crippen LogP contribution in [-0.2, 0) is 6.61 Å². The van der Waals surface area contributed by atoms with Crippen molar-refractivity contribution in [1.29, 1.82) is 0 Å². The zero-order valence-corrected chi connectivity index (χ0v) is 17.6. The molecule has 3 aromatic carbocycles. The molecule has 0 saturated carbocycles. The normalized spacial score (nSPS) is 11.3. The van der Waals surface area contributed by atoms with Crippen LogP contribution in [0.1, 0.15) is 46.5 Å². The van der Waals surface area contributed by atoms with E-state index in [0.29, 0.717) is 29.2 Å². The van der Waals surface area contributed by atoms with Gasteiger partial charge in [0.2, 0.25) is 0 Å². The maximum atomic E-state index is 12.4. The van der Waals surface area contributed by atoms with Gasteiger partial charge in [0.15, 0.2) is 0 Å². The predicted molar refractivity (Wildman–Crippen MR) is 119 cm³/mol. The fraction of sp³-hybridized carbons (Fsp3) is 0.200. The average molecular weight is 418 g/mol. The first-order chi connectivity index (χ1) is 15.0. The van der Waals surface area contributed by atoms with Gasteiger partial charge >= 0.3 is 0 Å². The molecule has 2 amide bonds. The summed E-state index contributed by atoms with van der Waals surface area (Å²) in [7, 11) is 0. The summed E-state index contributed by atoms with van der Waals surface area (Å²) in [5.74, 6) is 0.419. The number of hydrogen-bond acceptors (Lipinski definition) is 4. The molecule has 0 heterocycles. The molecule has 0 aliphatic heterocycles. The minimum Gasteiger partial charge on any atom is -0.491 e. The molecule has 3 rings (SSSR count). The molecule has 2 N–H and O–H groups in total. The molecule has 0 bridgehead atoms. The highest BCUT2D eigenvalue weighted by Gasteiger charge is 2.11. The Morgan fingerprint density at radius 3 is 2.16 bits per heavy atom. The number of rotatable bonds is 8. The first-order valence-corrected chi connectivity index (χ1v) is 10.2. The molecular formula is C25H26N2O4. The highest BCUT2D eigenvalue weighted by Crippen LogP contribution is 2.16. The summed E-state index contributed by atoms with van der Waals surface area (Å²) in [5.41, 5.74) is 6.71. The van der Waals surface area contributed by atoms with Gasteiger partial charge in [-0.25, -0.2) is 0 Å². The van der Waals surface area contributed by atoms with Crippen LogP contribution in [0.25, 0.3) is 0 Å². The van der Waals surface area contributed by atoms with Crippen molar-refractivity contribution in [3.05, 3.63) is 95.6 Å². The minimum absolute atomic E-state index is 0.0534. The smallest absolute Gasteiger partial charge is 0.269 e. The third kappa shape index (κ3) is 6.60. The lowest BCUT2D eigenvalue weighted by Gasteiger charge is -2.13. The van der Waals surface area contributed by atoms with Gasteiger partial charge in [0.05, 0.1) is 6.10 Å². The lowest BCUT2D eigenvalue weighted by atomic mass is 10.2. The Kier molecular flexibility index (Phi) is 7.65. The van der Waals surface area contributed by atoms with Gasteiger partial charge in [-0.1, -0.05) is 43.3 Å². The maximum absolute atomic E-state index is 12.4. The van der Waals surface area contributed by atoms with Gasteiger partial charge < -0.3 is 9.47 Å². The van der Waals surface area contributed by atoms with E-state index < -0.39 is 11.8 Å². The van der Waals surface area contributed by atoms with E-state index >= 15 is 0 Å². The third-order valence-corrected chi connectivity index (χ3v) is 4.66. The van der Waals surface area contributed by atoms with Crippen LogP contribution in [0.4, 0.5) is 0 Å². The number of amides is 2. The van der Waals surface area contributed by atoms with Crippen LogP contribution in [-0.4, -0.2) is 17.9 Å². The van der Waals surface area contributed by atoms with Crippen LogP contribution in [0, 0.1) is 0 Å². The van der Waals surface area contributed by atoms with Crippen LogP contribution in [0.3, 0.4) is 0 Å². The first kappa shape index (κ1) is 21.9. The molecular weight excluding hydrogens is 392 g/mol. The van der Waals surface area contributed by atoms with Gasteiger partial charge in [0.25, 0.3) is 11.8 Å². The van der Waals surface area contributed by atoms with E-state index in [2.05, 4.69) is 10.9 Å². The maximum Gasteiger partial charge on any atom is 0.269 e. The van der Waals surface area contributed by atoms with Crippen LogP contribution in [0.2, 0.25) is 0 Å². The van der Waals surface area contributed by atoms with Crippen LogP contribution < -0.4 is 20.3 Å². The summed E-state index contributed by atoms with van der Waals surface area (Å²) < 4.78 is 11.4. The summed E-state index contributed by atoms with van der Waals surface area (Å²) in [6.45, 7) is 4.44. The Morgan fingerprint density at radius 2 is 1.48 bits per heavy atom. The molecule has 0 fully saturated rings. The van der Waals surface area contributed by atoms with E-state index in [4.69, 9.17) is 9.47 Å². The predicted octanol–water partition coefficient (Wildman–Crippen LogP) is 4.52. The monoisotopic (exact) mass is 418 g/mol. The van der Waals surface area contributed by atoms with E-state index in [1.807, 2.05) is 44.2 Å². The second kappa shape index (κ2) is 10.8. The molecule has 1 atom stereocenters. The van der Waals surface area contributed by atoms with E-state index in [9.17, 15) is 9.59 Å². The molecule has 6 heteroatoms. The largest absolute Gasteiger partial charge is 0.491 e. The van der Waals surface area contributed by atoms with Gasteiger partial charge in [0.1, 0.15) is 18.1 Å². The minimum atomic E-state index is -0.425. The van der Waals surface area contributed by atoms with Gasteiger partial charge in [-0.2, -0.15) is 0 Å².